The number of aliphatic hydroxyl groups excluding tert-OH is 1. The Kier molecular flexibility index (Phi) is 7.65. The van der Waals surface area contributed by atoms with E-state index in [1.807, 2.05) is 49.3 Å². The molecule has 1 aromatic heterocycles. The zero-order valence-corrected chi connectivity index (χ0v) is 20.5. The number of hydrogen-bond acceptors (Lipinski definition) is 7. The lowest BCUT2D eigenvalue weighted by Gasteiger charge is -2.27. The second-order valence-electron chi connectivity index (χ2n) is 8.72. The lowest BCUT2D eigenvalue weighted by molar-refractivity contribution is -0.140. The number of carbonyl (C=O) groups excluding carboxylic acids is 2. The van der Waals surface area contributed by atoms with Crippen LogP contribution in [0.4, 0.5) is 0 Å². The summed E-state index contributed by atoms with van der Waals surface area (Å²) in [7, 11) is 5.32. The number of rotatable bonds is 9. The molecule has 1 aliphatic heterocycles. The van der Waals surface area contributed by atoms with Crippen LogP contribution >= 0.6 is 0 Å². The monoisotopic (exact) mass is 487 g/mol. The molecule has 8 heteroatoms. The second kappa shape index (κ2) is 11.0. The third-order valence-electron chi connectivity index (χ3n) is 6.02. The van der Waals surface area contributed by atoms with Gasteiger partial charge >= 0.3 is 0 Å². The average molecular weight is 488 g/mol. The third kappa shape index (κ3) is 5.23. The standard InChI is InChI=1S/C28H29N3O5/c1-30(2)15-16-31-25(24(27(33)28(31)34)26(32)20-11-13-29-14-12-20)21-9-10-22(23(17-21)35-3)36-18-19-7-5-4-6-8-19/h4-14,17,25,32H,15-16,18H2,1-3H3/b26-24+. The lowest BCUT2D eigenvalue weighted by Crippen LogP contribution is -2.35. The molecule has 3 aromatic rings. The van der Waals surface area contributed by atoms with Crippen LogP contribution in [0.1, 0.15) is 22.7 Å². The predicted molar refractivity (Wildman–Crippen MR) is 136 cm³/mol. The molecule has 2 heterocycles. The molecular formula is C28H29N3O5. The van der Waals surface area contributed by atoms with Crippen LogP contribution in [0.15, 0.2) is 78.6 Å². The van der Waals surface area contributed by atoms with E-state index in [-0.39, 0.29) is 11.3 Å². The molecule has 0 bridgehead atoms. The molecular weight excluding hydrogens is 458 g/mol. The number of amides is 1. The van der Waals surface area contributed by atoms with Crippen LogP contribution < -0.4 is 9.47 Å². The van der Waals surface area contributed by atoms with E-state index in [0.717, 1.165) is 5.56 Å². The van der Waals surface area contributed by atoms with Gasteiger partial charge in [-0.15, -0.1) is 0 Å². The summed E-state index contributed by atoms with van der Waals surface area (Å²) in [6.07, 6.45) is 3.04. The van der Waals surface area contributed by atoms with Crippen molar-refractivity contribution in [3.63, 3.8) is 0 Å². The first-order valence-corrected chi connectivity index (χ1v) is 11.6. The van der Waals surface area contributed by atoms with Crippen molar-refractivity contribution in [3.05, 3.63) is 95.3 Å². The van der Waals surface area contributed by atoms with Gasteiger partial charge in [-0.25, -0.2) is 0 Å². The summed E-state index contributed by atoms with van der Waals surface area (Å²) in [6.45, 7) is 1.22. The highest BCUT2D eigenvalue weighted by molar-refractivity contribution is 6.46. The van der Waals surface area contributed by atoms with Crippen molar-refractivity contribution in [2.75, 3.05) is 34.3 Å². The Bertz CT molecular complexity index is 1260. The van der Waals surface area contributed by atoms with Crippen molar-refractivity contribution < 1.29 is 24.2 Å². The molecule has 186 valence electrons. The Labute approximate surface area is 210 Å². The molecule has 1 unspecified atom stereocenters. The number of likely N-dealkylation sites (N-methyl/N-ethyl adjacent to an activating group) is 1. The highest BCUT2D eigenvalue weighted by Gasteiger charge is 2.46. The molecule has 8 nitrogen and oxygen atoms in total. The lowest BCUT2D eigenvalue weighted by atomic mass is 9.95. The van der Waals surface area contributed by atoms with Crippen LogP contribution in [0.5, 0.6) is 11.5 Å². The molecule has 1 N–H and O–H groups in total. The van der Waals surface area contributed by atoms with Crippen molar-refractivity contribution in [1.29, 1.82) is 0 Å². The van der Waals surface area contributed by atoms with Crippen LogP contribution in [-0.4, -0.2) is 65.9 Å². The van der Waals surface area contributed by atoms with E-state index in [2.05, 4.69) is 4.98 Å². The topological polar surface area (TPSA) is 92.2 Å². The number of methoxy groups -OCH3 is 1. The minimum Gasteiger partial charge on any atom is -0.507 e. The van der Waals surface area contributed by atoms with E-state index in [4.69, 9.17) is 9.47 Å². The minimum atomic E-state index is -0.782. The van der Waals surface area contributed by atoms with E-state index in [1.54, 1.807) is 30.3 Å². The van der Waals surface area contributed by atoms with Gasteiger partial charge in [0.25, 0.3) is 11.7 Å². The minimum absolute atomic E-state index is 0.0324. The summed E-state index contributed by atoms with van der Waals surface area (Å²) in [5.74, 6) is -0.622. The number of benzene rings is 2. The van der Waals surface area contributed by atoms with E-state index >= 15 is 0 Å². The van der Waals surface area contributed by atoms with Crippen molar-refractivity contribution in [2.45, 2.75) is 12.6 Å². The fraction of sp³-hybridized carbons (Fsp3) is 0.250. The zero-order chi connectivity index (χ0) is 25.7. The number of nitrogens with zero attached hydrogens (tertiary/aromatic N) is 3. The summed E-state index contributed by atoms with van der Waals surface area (Å²) < 4.78 is 11.6. The highest BCUT2D eigenvalue weighted by atomic mass is 16.5. The van der Waals surface area contributed by atoms with Crippen molar-refractivity contribution in [1.82, 2.24) is 14.8 Å². The van der Waals surface area contributed by atoms with Crippen LogP contribution in [-0.2, 0) is 16.2 Å². The van der Waals surface area contributed by atoms with Crippen LogP contribution in [0.3, 0.4) is 0 Å². The van der Waals surface area contributed by atoms with Gasteiger partial charge in [0, 0.05) is 31.0 Å². The van der Waals surface area contributed by atoms with Crippen molar-refractivity contribution >= 4 is 17.4 Å². The smallest absolute Gasteiger partial charge is 0.295 e. The number of carbonyl (C=O) groups is 2. The number of Topliss-reactive ketones (excluding diaryl/α,β-unsaturated/α-hetero) is 1. The normalized spacial score (nSPS) is 17.0. The molecule has 1 amide bonds. The van der Waals surface area contributed by atoms with Crippen molar-refractivity contribution in [2.24, 2.45) is 0 Å². The number of aromatic nitrogens is 1. The number of pyridine rings is 1. The molecule has 0 aliphatic carbocycles. The summed E-state index contributed by atoms with van der Waals surface area (Å²) in [5.41, 5.74) is 2.09. The van der Waals surface area contributed by atoms with Gasteiger partial charge in [0.1, 0.15) is 12.4 Å². The van der Waals surface area contributed by atoms with Gasteiger partial charge in [0.2, 0.25) is 0 Å². The Balaban J connectivity index is 1.74. The number of aliphatic hydroxyl groups is 1. The molecule has 2 aromatic carbocycles. The van der Waals surface area contributed by atoms with Crippen LogP contribution in [0.25, 0.3) is 5.76 Å². The molecule has 36 heavy (non-hydrogen) atoms. The highest BCUT2D eigenvalue weighted by Crippen LogP contribution is 2.42. The molecule has 1 atom stereocenters. The number of ether oxygens (including phenoxy) is 2. The largest absolute Gasteiger partial charge is 0.507 e. The Morgan fingerprint density at radius 1 is 1.03 bits per heavy atom. The number of likely N-dealkylation sites (tertiary alicyclic amines) is 1. The van der Waals surface area contributed by atoms with Crippen LogP contribution in [0, 0.1) is 0 Å². The molecule has 1 fully saturated rings. The third-order valence-corrected chi connectivity index (χ3v) is 6.02. The molecule has 1 aliphatic rings. The Morgan fingerprint density at radius 3 is 2.42 bits per heavy atom. The zero-order valence-electron chi connectivity index (χ0n) is 20.5. The van der Waals surface area contributed by atoms with Gasteiger partial charge in [-0.05, 0) is 49.5 Å². The van der Waals surface area contributed by atoms with E-state index in [1.165, 1.54) is 24.4 Å². The van der Waals surface area contributed by atoms with Gasteiger partial charge in [0.05, 0.1) is 18.7 Å². The van der Waals surface area contributed by atoms with E-state index in [0.29, 0.717) is 42.3 Å². The van der Waals surface area contributed by atoms with E-state index < -0.39 is 17.7 Å². The quantitative estimate of drug-likeness (QED) is 0.280. The first kappa shape index (κ1) is 24.9. The summed E-state index contributed by atoms with van der Waals surface area (Å²) in [4.78, 5) is 33.6. The summed E-state index contributed by atoms with van der Waals surface area (Å²) in [6, 6.07) is 17.5. The number of hydrogen-bond donors (Lipinski definition) is 1. The molecule has 4 rings (SSSR count). The molecule has 1 saturated heterocycles. The Hall–Kier alpha value is -4.17. The first-order valence-electron chi connectivity index (χ1n) is 11.6. The Morgan fingerprint density at radius 2 is 1.75 bits per heavy atom. The van der Waals surface area contributed by atoms with Crippen LogP contribution in [0.2, 0.25) is 0 Å². The number of ketones is 1. The maximum Gasteiger partial charge on any atom is 0.295 e. The maximum absolute atomic E-state index is 13.1. The second-order valence-corrected chi connectivity index (χ2v) is 8.72. The van der Waals surface area contributed by atoms with Gasteiger partial charge < -0.3 is 24.4 Å². The first-order chi connectivity index (χ1) is 17.4. The van der Waals surface area contributed by atoms with Crippen molar-refractivity contribution in [3.8, 4) is 11.5 Å². The van der Waals surface area contributed by atoms with Gasteiger partial charge in [0.15, 0.2) is 11.5 Å². The molecule has 0 saturated carbocycles. The molecule has 0 spiro atoms. The fourth-order valence-corrected chi connectivity index (χ4v) is 4.14. The van der Waals surface area contributed by atoms with Gasteiger partial charge in [-0.1, -0.05) is 36.4 Å². The maximum atomic E-state index is 13.1. The predicted octanol–water partition coefficient (Wildman–Crippen LogP) is 3.65. The van der Waals surface area contributed by atoms with Gasteiger partial charge in [-0.3, -0.25) is 14.6 Å². The summed E-state index contributed by atoms with van der Waals surface area (Å²) in [5, 5.41) is 11.1. The van der Waals surface area contributed by atoms with Gasteiger partial charge in [-0.2, -0.15) is 0 Å². The fourth-order valence-electron chi connectivity index (χ4n) is 4.14. The average Bonchev–Trinajstić information content (AvgIpc) is 3.16. The van der Waals surface area contributed by atoms with E-state index in [9.17, 15) is 14.7 Å². The molecule has 0 radical (unpaired) electrons. The summed E-state index contributed by atoms with van der Waals surface area (Å²) >= 11 is 0. The SMILES string of the molecule is COc1cc(C2/C(=C(\O)c3ccncc3)C(=O)C(=O)N2CCN(C)C)ccc1OCc1ccccc1.